The molecule has 0 radical (unpaired) electrons. The van der Waals surface area contributed by atoms with E-state index in [2.05, 4.69) is 60.6 Å². The van der Waals surface area contributed by atoms with Gasteiger partial charge in [0, 0.05) is 30.5 Å². The molecule has 7 heteroatoms. The van der Waals surface area contributed by atoms with Crippen LogP contribution in [-0.2, 0) is 4.74 Å². The molecule has 3 fully saturated rings. The monoisotopic (exact) mass is 542 g/mol. The highest BCUT2D eigenvalue weighted by Gasteiger charge is 2.59. The van der Waals surface area contributed by atoms with Gasteiger partial charge in [-0.25, -0.2) is 0 Å². The maximum Gasteiger partial charge on any atom is 0.191 e. The number of aliphatic imine (C=N–C) groups is 1. The lowest BCUT2D eigenvalue weighted by atomic mass is 9.57. The third kappa shape index (κ3) is 5.14. The number of nitrogens with one attached hydrogen (secondary N) is 2. The molecule has 4 atom stereocenters. The van der Waals surface area contributed by atoms with Crippen molar-refractivity contribution in [2.75, 3.05) is 39.9 Å². The Morgan fingerprint density at radius 2 is 1.97 bits per heavy atom. The van der Waals surface area contributed by atoms with Crippen molar-refractivity contribution in [3.63, 3.8) is 0 Å². The summed E-state index contributed by atoms with van der Waals surface area (Å²) in [6.45, 7) is 11.5. The van der Waals surface area contributed by atoms with E-state index in [0.29, 0.717) is 24.1 Å². The van der Waals surface area contributed by atoms with Gasteiger partial charge in [0.2, 0.25) is 0 Å². The van der Waals surface area contributed by atoms with Gasteiger partial charge in [-0.3, -0.25) is 9.89 Å². The molecule has 1 aliphatic carbocycles. The van der Waals surface area contributed by atoms with Crippen LogP contribution < -0.4 is 15.4 Å². The standard InChI is InChI=1S/C24H38N4O2.HI/c1-5-25-23(27-21-19-12-15-30-22(19)24(21,2)3)26-16-20(28-13-6-7-14-28)17-8-10-18(29-4)11-9-17;/h8-11,19-22H,5-7,12-16H2,1-4H3,(H2,25,26,27);1H. The fourth-order valence-electron chi connectivity index (χ4n) is 5.57. The number of rotatable bonds is 7. The van der Waals surface area contributed by atoms with E-state index in [1.807, 2.05) is 0 Å². The normalized spacial score (nSPS) is 28.3. The summed E-state index contributed by atoms with van der Waals surface area (Å²) in [6, 6.07) is 9.20. The highest BCUT2D eigenvalue weighted by molar-refractivity contribution is 14.0. The Labute approximate surface area is 204 Å². The zero-order valence-corrected chi connectivity index (χ0v) is 21.7. The lowest BCUT2D eigenvalue weighted by molar-refractivity contribution is -0.106. The predicted octanol–water partition coefficient (Wildman–Crippen LogP) is 3.82. The molecular formula is C24H39IN4O2. The first-order valence-corrected chi connectivity index (χ1v) is 11.6. The van der Waals surface area contributed by atoms with E-state index < -0.39 is 0 Å². The first-order valence-electron chi connectivity index (χ1n) is 11.6. The van der Waals surface area contributed by atoms with Gasteiger partial charge in [0.15, 0.2) is 5.96 Å². The zero-order valence-electron chi connectivity index (χ0n) is 19.4. The third-order valence-corrected chi connectivity index (χ3v) is 7.24. The third-order valence-electron chi connectivity index (χ3n) is 7.24. The minimum atomic E-state index is 0. The van der Waals surface area contributed by atoms with Crippen molar-refractivity contribution in [3.05, 3.63) is 29.8 Å². The van der Waals surface area contributed by atoms with E-state index in [9.17, 15) is 0 Å². The number of methoxy groups -OCH3 is 1. The first-order chi connectivity index (χ1) is 14.5. The smallest absolute Gasteiger partial charge is 0.191 e. The van der Waals surface area contributed by atoms with Crippen molar-refractivity contribution >= 4 is 29.9 Å². The van der Waals surface area contributed by atoms with Crippen molar-refractivity contribution < 1.29 is 9.47 Å². The summed E-state index contributed by atoms with van der Waals surface area (Å²) in [4.78, 5) is 7.63. The van der Waals surface area contributed by atoms with Crippen molar-refractivity contribution in [1.29, 1.82) is 0 Å². The van der Waals surface area contributed by atoms with Crippen LogP contribution in [-0.4, -0.2) is 62.9 Å². The first kappa shape index (κ1) is 24.6. The molecule has 174 valence electrons. The number of nitrogens with zero attached hydrogens (tertiary/aromatic N) is 2. The molecule has 2 N–H and O–H groups in total. The van der Waals surface area contributed by atoms with E-state index >= 15 is 0 Å². The van der Waals surface area contributed by atoms with Crippen LogP contribution in [0.25, 0.3) is 0 Å². The molecule has 0 aromatic heterocycles. The second-order valence-electron chi connectivity index (χ2n) is 9.44. The lowest BCUT2D eigenvalue weighted by Crippen LogP contribution is -2.68. The maximum absolute atomic E-state index is 5.96. The average Bonchev–Trinajstić information content (AvgIpc) is 3.44. The number of fused-ring (bicyclic) bond motifs is 1. The summed E-state index contributed by atoms with van der Waals surface area (Å²) < 4.78 is 11.3. The molecule has 31 heavy (non-hydrogen) atoms. The largest absolute Gasteiger partial charge is 0.497 e. The van der Waals surface area contributed by atoms with Crippen LogP contribution in [0.5, 0.6) is 5.75 Å². The molecular weight excluding hydrogens is 503 g/mol. The van der Waals surface area contributed by atoms with Gasteiger partial charge < -0.3 is 20.1 Å². The van der Waals surface area contributed by atoms with Crippen LogP contribution in [0.4, 0.5) is 0 Å². The Morgan fingerprint density at radius 3 is 2.61 bits per heavy atom. The summed E-state index contributed by atoms with van der Waals surface area (Å²) >= 11 is 0. The summed E-state index contributed by atoms with van der Waals surface area (Å²) in [7, 11) is 1.72. The predicted molar refractivity (Wildman–Crippen MR) is 136 cm³/mol. The Morgan fingerprint density at radius 1 is 1.26 bits per heavy atom. The number of halogens is 1. The SMILES string of the molecule is CCNC(=NCC(c1ccc(OC)cc1)N1CCCC1)NC1C2CCOC2C1(C)C.I. The Kier molecular flexibility index (Phi) is 8.49. The van der Waals surface area contributed by atoms with Crippen LogP contribution in [0.3, 0.4) is 0 Å². The van der Waals surface area contributed by atoms with Gasteiger partial charge in [-0.1, -0.05) is 26.0 Å². The van der Waals surface area contributed by atoms with Crippen LogP contribution in [0.1, 0.15) is 51.6 Å². The minimum Gasteiger partial charge on any atom is -0.497 e. The number of benzene rings is 1. The fraction of sp³-hybridized carbons (Fsp3) is 0.708. The number of likely N-dealkylation sites (tertiary alicyclic amines) is 1. The highest BCUT2D eigenvalue weighted by atomic mass is 127. The zero-order chi connectivity index (χ0) is 21.1. The summed E-state index contributed by atoms with van der Waals surface area (Å²) in [5.74, 6) is 2.43. The van der Waals surface area contributed by atoms with E-state index in [-0.39, 0.29) is 29.4 Å². The summed E-state index contributed by atoms with van der Waals surface area (Å²) in [6.07, 6.45) is 4.07. The van der Waals surface area contributed by atoms with E-state index in [4.69, 9.17) is 14.5 Å². The van der Waals surface area contributed by atoms with Gasteiger partial charge in [0.25, 0.3) is 0 Å². The second-order valence-corrected chi connectivity index (χ2v) is 9.44. The van der Waals surface area contributed by atoms with Crippen LogP contribution in [0.2, 0.25) is 0 Å². The Bertz CT molecular complexity index is 734. The number of hydrogen-bond acceptors (Lipinski definition) is 4. The van der Waals surface area contributed by atoms with Gasteiger partial charge in [0.05, 0.1) is 25.8 Å². The van der Waals surface area contributed by atoms with Gasteiger partial charge in [-0.15, -0.1) is 24.0 Å². The number of ether oxygens (including phenoxy) is 2. The van der Waals surface area contributed by atoms with Gasteiger partial charge in [0.1, 0.15) is 5.75 Å². The minimum absolute atomic E-state index is 0. The van der Waals surface area contributed by atoms with Crippen molar-refractivity contribution in [2.24, 2.45) is 16.3 Å². The van der Waals surface area contributed by atoms with E-state index in [0.717, 1.165) is 50.9 Å². The summed E-state index contributed by atoms with van der Waals surface area (Å²) in [5, 5.41) is 7.23. The molecule has 4 rings (SSSR count). The molecule has 4 unspecified atom stereocenters. The Hall–Kier alpha value is -1.06. The van der Waals surface area contributed by atoms with E-state index in [1.165, 1.54) is 18.4 Å². The fourth-order valence-corrected chi connectivity index (χ4v) is 5.57. The Balaban J connectivity index is 0.00000272. The van der Waals surface area contributed by atoms with Gasteiger partial charge in [-0.2, -0.15) is 0 Å². The highest BCUT2D eigenvalue weighted by Crippen LogP contribution is 2.52. The molecule has 2 saturated heterocycles. The van der Waals surface area contributed by atoms with Crippen LogP contribution >= 0.6 is 24.0 Å². The molecule has 3 aliphatic rings. The number of guanidine groups is 1. The topological polar surface area (TPSA) is 58.1 Å². The van der Waals surface area contributed by atoms with Crippen LogP contribution in [0, 0.1) is 11.3 Å². The average molecular weight is 543 g/mol. The van der Waals surface area contributed by atoms with E-state index in [1.54, 1.807) is 7.11 Å². The molecule has 0 amide bonds. The molecule has 1 aromatic rings. The van der Waals surface area contributed by atoms with Gasteiger partial charge >= 0.3 is 0 Å². The van der Waals surface area contributed by atoms with Crippen molar-refractivity contribution in [1.82, 2.24) is 15.5 Å². The molecule has 1 saturated carbocycles. The molecule has 6 nitrogen and oxygen atoms in total. The molecule has 2 heterocycles. The molecule has 0 bridgehead atoms. The molecule has 1 aromatic carbocycles. The van der Waals surface area contributed by atoms with Crippen molar-refractivity contribution in [2.45, 2.75) is 58.2 Å². The van der Waals surface area contributed by atoms with Gasteiger partial charge in [-0.05, 0) is 57.0 Å². The lowest BCUT2D eigenvalue weighted by Gasteiger charge is -2.55. The van der Waals surface area contributed by atoms with Crippen LogP contribution in [0.15, 0.2) is 29.3 Å². The number of hydrogen-bond donors (Lipinski definition) is 2. The molecule has 0 spiro atoms. The molecule has 2 aliphatic heterocycles. The quantitative estimate of drug-likeness (QED) is 0.312. The maximum atomic E-state index is 5.96. The summed E-state index contributed by atoms with van der Waals surface area (Å²) in [5.41, 5.74) is 1.45. The second kappa shape index (κ2) is 10.7. The van der Waals surface area contributed by atoms with Crippen molar-refractivity contribution in [3.8, 4) is 5.75 Å².